The molecule has 216 valence electrons. The molecule has 0 aromatic rings. The number of carbonyl (C=O) groups excluding carboxylic acids is 1. The number of ether oxygens (including phenoxy) is 1. The number of cyclic esters (lactones) is 1. The maximum absolute atomic E-state index is 12.1. The number of hydrogen-bond acceptors (Lipinski definition) is 9. The van der Waals surface area contributed by atoms with Gasteiger partial charge in [-0.1, -0.05) is 54.7 Å². The molecule has 0 spiro atoms. The van der Waals surface area contributed by atoms with Crippen molar-refractivity contribution in [3.05, 3.63) is 60.3 Å². The van der Waals surface area contributed by atoms with E-state index < -0.39 is 48.7 Å². The van der Waals surface area contributed by atoms with Gasteiger partial charge in [-0.3, -0.25) is 4.79 Å². The molecule has 8 atom stereocenters. The molecule has 9 heteroatoms. The van der Waals surface area contributed by atoms with E-state index in [4.69, 9.17) is 4.74 Å². The second-order valence-corrected chi connectivity index (χ2v) is 10.1. The molecule has 38 heavy (non-hydrogen) atoms. The Hall–Kier alpha value is -2.11. The average molecular weight is 539 g/mol. The zero-order chi connectivity index (χ0) is 28.5. The van der Waals surface area contributed by atoms with Crippen molar-refractivity contribution < 1.29 is 45.3 Å². The minimum Gasteiger partial charge on any atom is -0.462 e. The highest BCUT2D eigenvalue weighted by Gasteiger charge is 2.24. The summed E-state index contributed by atoms with van der Waals surface area (Å²) in [4.78, 5) is 12.1. The second-order valence-electron chi connectivity index (χ2n) is 10.1. The van der Waals surface area contributed by atoms with Crippen molar-refractivity contribution in [2.45, 2.75) is 114 Å². The van der Waals surface area contributed by atoms with Gasteiger partial charge in [-0.2, -0.15) is 0 Å². The van der Waals surface area contributed by atoms with Crippen LogP contribution in [-0.2, 0) is 9.53 Å². The van der Waals surface area contributed by atoms with Crippen molar-refractivity contribution in [1.29, 1.82) is 0 Å². The molecule has 0 bridgehead atoms. The zero-order valence-corrected chi connectivity index (χ0v) is 22.4. The van der Waals surface area contributed by atoms with Crippen LogP contribution in [0.25, 0.3) is 0 Å². The highest BCUT2D eigenvalue weighted by molar-refractivity contribution is 5.70. The molecule has 0 unspecified atom stereocenters. The number of rotatable bonds is 0. The maximum Gasteiger partial charge on any atom is 0.308 e. The Kier molecular flexibility index (Phi) is 17.0. The first-order chi connectivity index (χ1) is 18.0. The Bertz CT molecular complexity index is 817. The summed E-state index contributed by atoms with van der Waals surface area (Å²) in [5.74, 6) is -0.590. The van der Waals surface area contributed by atoms with E-state index in [0.717, 1.165) is 0 Å². The van der Waals surface area contributed by atoms with Crippen LogP contribution < -0.4 is 0 Å². The van der Waals surface area contributed by atoms with Crippen LogP contribution in [0.1, 0.15) is 65.2 Å². The summed E-state index contributed by atoms with van der Waals surface area (Å²) in [5, 5.41) is 71.4. The average Bonchev–Trinajstić information content (AvgIpc) is 2.78. The van der Waals surface area contributed by atoms with Crippen molar-refractivity contribution in [3.8, 4) is 0 Å². The Morgan fingerprint density at radius 2 is 1.05 bits per heavy atom. The van der Waals surface area contributed by atoms with Gasteiger partial charge in [0, 0.05) is 12.8 Å². The molecule has 1 aliphatic rings. The fourth-order valence-corrected chi connectivity index (χ4v) is 4.08. The Balaban J connectivity index is 2.83. The van der Waals surface area contributed by atoms with Crippen LogP contribution in [0.4, 0.5) is 0 Å². The molecule has 0 fully saturated rings. The third kappa shape index (κ3) is 16.7. The predicted molar refractivity (Wildman–Crippen MR) is 145 cm³/mol. The number of allylic oxidation sites excluding steroid dienone is 8. The van der Waals surface area contributed by atoms with Gasteiger partial charge in [0.25, 0.3) is 0 Å². The SMILES string of the molecule is C\C1=C/C=C/C=C/C=C/C=C/C[C@@H](C)OC(=O)C[C@@H](O)C[C@@H](O)C[C@@H](O)C[C@@H](O)C[C@@H](O)C[C@@H](O)C[C@@H]1O. The minimum absolute atomic E-state index is 0.0253. The molecule has 0 saturated carbocycles. The molecule has 7 N–H and O–H groups in total. The van der Waals surface area contributed by atoms with Crippen molar-refractivity contribution in [2.24, 2.45) is 0 Å². The van der Waals surface area contributed by atoms with E-state index in [9.17, 15) is 40.5 Å². The van der Waals surface area contributed by atoms with Gasteiger partial charge in [0.15, 0.2) is 0 Å². The Labute approximate surface area is 225 Å². The van der Waals surface area contributed by atoms with Crippen molar-refractivity contribution in [1.82, 2.24) is 0 Å². The van der Waals surface area contributed by atoms with Crippen LogP contribution in [0.3, 0.4) is 0 Å². The second kappa shape index (κ2) is 19.0. The van der Waals surface area contributed by atoms with Gasteiger partial charge in [-0.05, 0) is 51.5 Å². The summed E-state index contributed by atoms with van der Waals surface area (Å²) in [6.07, 6.45) is 8.19. The fraction of sp³-hybridized carbons (Fsp3) is 0.621. The van der Waals surface area contributed by atoms with Crippen molar-refractivity contribution in [2.75, 3.05) is 0 Å². The van der Waals surface area contributed by atoms with Crippen LogP contribution in [-0.4, -0.2) is 90.5 Å². The van der Waals surface area contributed by atoms with E-state index >= 15 is 0 Å². The Morgan fingerprint density at radius 3 is 1.58 bits per heavy atom. The summed E-state index contributed by atoms with van der Waals surface area (Å²) in [6, 6.07) is 0. The molecule has 0 aromatic heterocycles. The quantitative estimate of drug-likeness (QED) is 0.227. The molecule has 1 rings (SSSR count). The third-order valence-corrected chi connectivity index (χ3v) is 6.11. The van der Waals surface area contributed by atoms with E-state index in [0.29, 0.717) is 12.0 Å². The normalized spacial score (nSPS) is 39.4. The van der Waals surface area contributed by atoms with Gasteiger partial charge < -0.3 is 40.5 Å². The van der Waals surface area contributed by atoms with E-state index in [1.807, 2.05) is 36.5 Å². The topological polar surface area (TPSA) is 168 Å². The third-order valence-electron chi connectivity index (χ3n) is 6.11. The molecular formula is C29H46O9. The van der Waals surface area contributed by atoms with Gasteiger partial charge in [0.2, 0.25) is 0 Å². The van der Waals surface area contributed by atoms with Crippen molar-refractivity contribution >= 4 is 5.97 Å². The van der Waals surface area contributed by atoms with E-state index in [1.54, 1.807) is 32.1 Å². The van der Waals surface area contributed by atoms with Gasteiger partial charge in [0.1, 0.15) is 6.10 Å². The number of aliphatic hydroxyl groups is 7. The predicted octanol–water partition coefficient (Wildman–Crippen LogP) is 1.75. The lowest BCUT2D eigenvalue weighted by atomic mass is 9.95. The lowest BCUT2D eigenvalue weighted by Gasteiger charge is -2.23. The monoisotopic (exact) mass is 538 g/mol. The van der Waals surface area contributed by atoms with Crippen LogP contribution in [0.2, 0.25) is 0 Å². The lowest BCUT2D eigenvalue weighted by molar-refractivity contribution is -0.150. The van der Waals surface area contributed by atoms with Crippen LogP contribution in [0, 0.1) is 0 Å². The first kappa shape index (κ1) is 33.9. The molecule has 1 heterocycles. The van der Waals surface area contributed by atoms with Gasteiger partial charge in [0.05, 0.1) is 49.1 Å². The van der Waals surface area contributed by atoms with Crippen LogP contribution in [0.15, 0.2) is 60.3 Å². The molecule has 1 aliphatic heterocycles. The highest BCUT2D eigenvalue weighted by Crippen LogP contribution is 2.18. The molecule has 0 amide bonds. The number of carbonyl (C=O) groups is 1. The highest BCUT2D eigenvalue weighted by atomic mass is 16.5. The molecule has 0 aliphatic carbocycles. The van der Waals surface area contributed by atoms with E-state index in [1.165, 1.54) is 0 Å². The first-order valence-electron chi connectivity index (χ1n) is 13.2. The van der Waals surface area contributed by atoms with Gasteiger partial charge in [-0.25, -0.2) is 0 Å². The maximum atomic E-state index is 12.1. The molecule has 0 aromatic carbocycles. The molecule has 0 radical (unpaired) electrons. The zero-order valence-electron chi connectivity index (χ0n) is 22.4. The number of aliphatic hydroxyl groups excluding tert-OH is 7. The summed E-state index contributed by atoms with van der Waals surface area (Å²) < 4.78 is 5.28. The van der Waals surface area contributed by atoms with Gasteiger partial charge >= 0.3 is 5.97 Å². The minimum atomic E-state index is -1.15. The molecule has 0 saturated heterocycles. The Morgan fingerprint density at radius 1 is 0.632 bits per heavy atom. The molecule has 9 nitrogen and oxygen atoms in total. The van der Waals surface area contributed by atoms with Crippen LogP contribution >= 0.6 is 0 Å². The standard InChI is InChI=1S/C29H46O9/c1-20-11-9-7-5-3-4-6-8-10-12-21(2)38-29(37)19-27(35)17-25(33)15-23(31)13-22(30)14-24(32)16-26(34)18-28(20)36/h3-11,21-28,30-36H,12-19H2,1-2H3/b5-3+,6-4+,9-7+,10-8+,20-11+/t21-,22-,23+,24-,25+,26-,27+,28+/m1/s1. The number of hydrogen-bond donors (Lipinski definition) is 7. The van der Waals surface area contributed by atoms with Crippen molar-refractivity contribution in [3.63, 3.8) is 0 Å². The summed E-state index contributed by atoms with van der Waals surface area (Å²) >= 11 is 0. The number of esters is 1. The van der Waals surface area contributed by atoms with E-state index in [2.05, 4.69) is 0 Å². The van der Waals surface area contributed by atoms with Crippen LogP contribution in [0.5, 0.6) is 0 Å². The smallest absolute Gasteiger partial charge is 0.308 e. The molecular weight excluding hydrogens is 492 g/mol. The lowest BCUT2D eigenvalue weighted by Crippen LogP contribution is -2.30. The first-order valence-corrected chi connectivity index (χ1v) is 13.2. The fourth-order valence-electron chi connectivity index (χ4n) is 4.08. The largest absolute Gasteiger partial charge is 0.462 e. The van der Waals surface area contributed by atoms with E-state index in [-0.39, 0.29) is 51.0 Å². The summed E-state index contributed by atoms with van der Waals surface area (Å²) in [5.41, 5.74) is 0.650. The van der Waals surface area contributed by atoms with Gasteiger partial charge in [-0.15, -0.1) is 0 Å². The summed E-state index contributed by atoms with van der Waals surface area (Å²) in [6.45, 7) is 3.48. The summed E-state index contributed by atoms with van der Waals surface area (Å²) in [7, 11) is 0.